The zero-order valence-electron chi connectivity index (χ0n) is 15.6. The van der Waals surface area contributed by atoms with Crippen LogP contribution in [0.2, 0.25) is 0 Å². The predicted molar refractivity (Wildman–Crippen MR) is 112 cm³/mol. The van der Waals surface area contributed by atoms with E-state index in [0.29, 0.717) is 17.0 Å². The summed E-state index contributed by atoms with van der Waals surface area (Å²) in [6, 6.07) is 20.2. The molecule has 3 rings (SSSR count). The Labute approximate surface area is 168 Å². The summed E-state index contributed by atoms with van der Waals surface area (Å²) in [5.74, 6) is 1.05. The number of thioether (sulfide) groups is 1. The van der Waals surface area contributed by atoms with Gasteiger partial charge in [0.05, 0.1) is 12.8 Å². The zero-order chi connectivity index (χ0) is 19.8. The van der Waals surface area contributed by atoms with Crippen LogP contribution in [0.4, 0.5) is 5.69 Å². The SMILES string of the molecule is CSCc1ccc(C(=O)N(CC(=O)Nc2ccccc2)Cc2ccco2)cc1. The molecule has 28 heavy (non-hydrogen) atoms. The molecule has 2 aromatic carbocycles. The number of carbonyl (C=O) groups excluding carboxylic acids is 2. The lowest BCUT2D eigenvalue weighted by Crippen LogP contribution is -2.37. The Bertz CT molecular complexity index is 893. The van der Waals surface area contributed by atoms with E-state index in [9.17, 15) is 9.59 Å². The lowest BCUT2D eigenvalue weighted by Gasteiger charge is -2.21. The molecule has 1 aromatic heterocycles. The molecular weight excluding hydrogens is 372 g/mol. The maximum Gasteiger partial charge on any atom is 0.254 e. The second-order valence-electron chi connectivity index (χ2n) is 6.28. The molecule has 0 aliphatic heterocycles. The van der Waals surface area contributed by atoms with Crippen LogP contribution in [0.1, 0.15) is 21.7 Å². The number of amides is 2. The molecule has 1 N–H and O–H groups in total. The highest BCUT2D eigenvalue weighted by Crippen LogP contribution is 2.15. The highest BCUT2D eigenvalue weighted by molar-refractivity contribution is 7.97. The molecule has 0 bridgehead atoms. The number of para-hydroxylation sites is 1. The van der Waals surface area contributed by atoms with Crippen molar-refractivity contribution in [1.29, 1.82) is 0 Å². The van der Waals surface area contributed by atoms with E-state index in [4.69, 9.17) is 4.42 Å². The number of nitrogens with zero attached hydrogens (tertiary/aromatic N) is 1. The van der Waals surface area contributed by atoms with Gasteiger partial charge in [-0.2, -0.15) is 11.8 Å². The molecular formula is C22H22N2O3S. The maximum absolute atomic E-state index is 13.0. The standard InChI is InChI=1S/C22H22N2O3S/c1-28-16-17-9-11-18(12-10-17)22(26)24(14-20-8-5-13-27-20)15-21(25)23-19-6-3-2-4-7-19/h2-13H,14-16H2,1H3,(H,23,25). The molecule has 0 unspecified atom stereocenters. The van der Waals surface area contributed by atoms with E-state index in [1.807, 2.05) is 36.6 Å². The van der Waals surface area contributed by atoms with Crippen LogP contribution in [0.5, 0.6) is 0 Å². The second kappa shape index (κ2) is 9.80. The topological polar surface area (TPSA) is 62.6 Å². The summed E-state index contributed by atoms with van der Waals surface area (Å²) in [4.78, 5) is 27.0. The van der Waals surface area contributed by atoms with E-state index in [2.05, 4.69) is 5.32 Å². The molecule has 0 atom stereocenters. The van der Waals surface area contributed by atoms with E-state index < -0.39 is 0 Å². The van der Waals surface area contributed by atoms with Crippen molar-refractivity contribution in [3.63, 3.8) is 0 Å². The van der Waals surface area contributed by atoms with Gasteiger partial charge in [0.1, 0.15) is 12.3 Å². The van der Waals surface area contributed by atoms with Crippen molar-refractivity contribution >= 4 is 29.3 Å². The van der Waals surface area contributed by atoms with Crippen molar-refractivity contribution in [2.24, 2.45) is 0 Å². The Hall–Kier alpha value is -2.99. The summed E-state index contributed by atoms with van der Waals surface area (Å²) in [5, 5.41) is 2.82. The van der Waals surface area contributed by atoms with Gasteiger partial charge in [0, 0.05) is 17.0 Å². The van der Waals surface area contributed by atoms with E-state index >= 15 is 0 Å². The Morgan fingerprint density at radius 3 is 2.39 bits per heavy atom. The molecule has 0 aliphatic rings. The third-order valence-electron chi connectivity index (χ3n) is 4.12. The average molecular weight is 394 g/mol. The van der Waals surface area contributed by atoms with Crippen LogP contribution in [-0.2, 0) is 17.1 Å². The Kier molecular flexibility index (Phi) is 6.92. The molecule has 2 amide bonds. The van der Waals surface area contributed by atoms with Gasteiger partial charge in [0.15, 0.2) is 0 Å². The van der Waals surface area contributed by atoms with Crippen molar-refractivity contribution in [3.05, 3.63) is 89.9 Å². The summed E-state index contributed by atoms with van der Waals surface area (Å²) in [6.07, 6.45) is 3.59. The highest BCUT2D eigenvalue weighted by atomic mass is 32.2. The second-order valence-corrected chi connectivity index (χ2v) is 7.15. The molecule has 0 spiro atoms. The first-order valence-electron chi connectivity index (χ1n) is 8.90. The lowest BCUT2D eigenvalue weighted by atomic mass is 10.1. The molecule has 1 heterocycles. The zero-order valence-corrected chi connectivity index (χ0v) is 16.4. The molecule has 0 saturated heterocycles. The summed E-state index contributed by atoms with van der Waals surface area (Å²) in [6.45, 7) is 0.154. The number of nitrogens with one attached hydrogen (secondary N) is 1. The van der Waals surface area contributed by atoms with Gasteiger partial charge in [-0.25, -0.2) is 0 Å². The normalized spacial score (nSPS) is 10.5. The minimum atomic E-state index is -0.259. The number of benzene rings is 2. The van der Waals surface area contributed by atoms with Crippen LogP contribution in [0.3, 0.4) is 0 Å². The van der Waals surface area contributed by atoms with E-state index in [-0.39, 0.29) is 24.9 Å². The first-order chi connectivity index (χ1) is 13.7. The fraction of sp³-hybridized carbons (Fsp3) is 0.182. The quantitative estimate of drug-likeness (QED) is 0.614. The minimum absolute atomic E-state index is 0.0685. The molecule has 0 saturated carbocycles. The molecule has 0 radical (unpaired) electrons. The molecule has 0 fully saturated rings. The van der Waals surface area contributed by atoms with Gasteiger partial charge in [0.25, 0.3) is 5.91 Å². The Morgan fingerprint density at radius 2 is 1.75 bits per heavy atom. The largest absolute Gasteiger partial charge is 0.467 e. The van der Waals surface area contributed by atoms with Crippen molar-refractivity contribution in [2.45, 2.75) is 12.3 Å². The van der Waals surface area contributed by atoms with E-state index in [0.717, 1.165) is 11.3 Å². The van der Waals surface area contributed by atoms with Gasteiger partial charge < -0.3 is 14.6 Å². The Balaban J connectivity index is 1.74. The van der Waals surface area contributed by atoms with E-state index in [1.54, 1.807) is 54.4 Å². The van der Waals surface area contributed by atoms with Gasteiger partial charge in [-0.3, -0.25) is 9.59 Å². The smallest absolute Gasteiger partial charge is 0.254 e. The van der Waals surface area contributed by atoms with Gasteiger partial charge >= 0.3 is 0 Å². The number of carbonyl (C=O) groups is 2. The molecule has 3 aromatic rings. The molecule has 6 heteroatoms. The van der Waals surface area contributed by atoms with Gasteiger partial charge in [0.2, 0.25) is 5.91 Å². The summed E-state index contributed by atoms with van der Waals surface area (Å²) in [5.41, 5.74) is 2.40. The van der Waals surface area contributed by atoms with Crippen molar-refractivity contribution < 1.29 is 14.0 Å². The van der Waals surface area contributed by atoms with Crippen LogP contribution in [0.15, 0.2) is 77.4 Å². The summed E-state index contributed by atoms with van der Waals surface area (Å²) >= 11 is 1.73. The third-order valence-corrected chi connectivity index (χ3v) is 4.74. The number of hydrogen-bond acceptors (Lipinski definition) is 4. The van der Waals surface area contributed by atoms with Crippen LogP contribution in [0, 0.1) is 0 Å². The lowest BCUT2D eigenvalue weighted by molar-refractivity contribution is -0.117. The number of rotatable bonds is 8. The van der Waals surface area contributed by atoms with Crippen molar-refractivity contribution in [3.8, 4) is 0 Å². The van der Waals surface area contributed by atoms with Crippen molar-refractivity contribution in [1.82, 2.24) is 4.90 Å². The summed E-state index contributed by atoms with van der Waals surface area (Å²) in [7, 11) is 0. The fourth-order valence-electron chi connectivity index (χ4n) is 2.78. The number of furan rings is 1. The Morgan fingerprint density at radius 1 is 1.00 bits per heavy atom. The van der Waals surface area contributed by atoms with E-state index in [1.165, 1.54) is 4.90 Å². The first-order valence-corrected chi connectivity index (χ1v) is 10.3. The molecule has 0 aliphatic carbocycles. The van der Waals surface area contributed by atoms with Crippen LogP contribution < -0.4 is 5.32 Å². The number of hydrogen-bond donors (Lipinski definition) is 1. The van der Waals surface area contributed by atoms with Gasteiger partial charge in [-0.1, -0.05) is 30.3 Å². The third kappa shape index (κ3) is 5.50. The highest BCUT2D eigenvalue weighted by Gasteiger charge is 2.20. The number of anilines is 1. The molecule has 144 valence electrons. The van der Waals surface area contributed by atoms with Crippen LogP contribution >= 0.6 is 11.8 Å². The van der Waals surface area contributed by atoms with Crippen LogP contribution in [-0.4, -0.2) is 29.5 Å². The average Bonchev–Trinajstić information content (AvgIpc) is 3.22. The van der Waals surface area contributed by atoms with Crippen molar-refractivity contribution in [2.75, 3.05) is 18.1 Å². The van der Waals surface area contributed by atoms with Crippen LogP contribution in [0.25, 0.3) is 0 Å². The first kappa shape index (κ1) is 19.8. The molecule has 5 nitrogen and oxygen atoms in total. The monoisotopic (exact) mass is 394 g/mol. The maximum atomic E-state index is 13.0. The predicted octanol–water partition coefficient (Wildman–Crippen LogP) is 4.42. The van der Waals surface area contributed by atoms with Gasteiger partial charge in [-0.05, 0) is 48.2 Å². The minimum Gasteiger partial charge on any atom is -0.467 e. The fourth-order valence-corrected chi connectivity index (χ4v) is 3.30. The van der Waals surface area contributed by atoms with Gasteiger partial charge in [-0.15, -0.1) is 0 Å². The summed E-state index contributed by atoms with van der Waals surface area (Å²) < 4.78 is 5.37.